The molecule has 0 radical (unpaired) electrons. The van der Waals surface area contributed by atoms with E-state index in [0.29, 0.717) is 24.6 Å². The molecule has 1 aromatic carbocycles. The van der Waals surface area contributed by atoms with Crippen molar-refractivity contribution in [1.82, 2.24) is 19.3 Å². The van der Waals surface area contributed by atoms with Gasteiger partial charge in [-0.2, -0.15) is 0 Å². The molecule has 8 nitrogen and oxygen atoms in total. The van der Waals surface area contributed by atoms with Crippen molar-refractivity contribution in [3.05, 3.63) is 63.9 Å². The molecule has 3 aromatic heterocycles. The third-order valence-electron chi connectivity index (χ3n) is 6.31. The highest BCUT2D eigenvalue weighted by molar-refractivity contribution is 7.92. The molecule has 0 bridgehead atoms. The lowest BCUT2D eigenvalue weighted by molar-refractivity contribution is -0.123. The molecule has 0 aliphatic heterocycles. The molecule has 0 aliphatic rings. The molecule has 208 valence electrons. The minimum Gasteiger partial charge on any atom is -0.372 e. The van der Waals surface area contributed by atoms with Gasteiger partial charge in [-0.15, -0.1) is 11.3 Å². The molecule has 1 N–H and O–H groups in total. The lowest BCUT2D eigenvalue weighted by Gasteiger charge is -2.10. The number of aryl methyl sites for hydroxylation is 3. The number of fused-ring (bicyclic) bond motifs is 1. The summed E-state index contributed by atoms with van der Waals surface area (Å²) in [5, 5.41) is 0. The predicted octanol–water partition coefficient (Wildman–Crippen LogP) is 5.43. The molecule has 0 atom stereocenters. The maximum absolute atomic E-state index is 13.2. The van der Waals surface area contributed by atoms with E-state index in [1.54, 1.807) is 6.92 Å². The number of hydrogen-bond acceptors (Lipinski definition) is 7. The van der Waals surface area contributed by atoms with E-state index in [1.165, 1.54) is 11.3 Å². The van der Waals surface area contributed by atoms with Crippen molar-refractivity contribution in [2.45, 2.75) is 65.1 Å². The van der Waals surface area contributed by atoms with Gasteiger partial charge in [0.15, 0.2) is 5.65 Å². The van der Waals surface area contributed by atoms with Crippen LogP contribution in [0.5, 0.6) is 0 Å². The molecule has 0 fully saturated rings. The van der Waals surface area contributed by atoms with Crippen LogP contribution in [0.15, 0.2) is 40.6 Å². The first kappa shape index (κ1) is 28.9. The van der Waals surface area contributed by atoms with Gasteiger partial charge in [0.1, 0.15) is 22.2 Å². The van der Waals surface area contributed by atoms with Crippen LogP contribution >= 0.6 is 11.3 Å². The summed E-state index contributed by atoms with van der Waals surface area (Å²) < 4.78 is 36.0. The average molecular weight is 569 g/mol. The summed E-state index contributed by atoms with van der Waals surface area (Å²) in [4.78, 5) is 22.7. The largest absolute Gasteiger partial charge is 0.372 e. The lowest BCUT2D eigenvalue weighted by Crippen LogP contribution is -2.33. The summed E-state index contributed by atoms with van der Waals surface area (Å²) in [5.74, 6) is 0.651. The van der Waals surface area contributed by atoms with Gasteiger partial charge in [0.2, 0.25) is 0 Å². The quantitative estimate of drug-likeness (QED) is 0.259. The number of nitrogens with one attached hydrogen (secondary N) is 1. The van der Waals surface area contributed by atoms with Crippen LogP contribution in [0, 0.1) is 19.8 Å². The zero-order valence-electron chi connectivity index (χ0n) is 23.4. The Kier molecular flexibility index (Phi) is 8.88. The van der Waals surface area contributed by atoms with E-state index in [-0.39, 0.29) is 10.8 Å². The summed E-state index contributed by atoms with van der Waals surface area (Å²) in [5.41, 5.74) is 6.29. The van der Waals surface area contributed by atoms with E-state index >= 15 is 0 Å². The minimum atomic E-state index is -4.06. The highest BCUT2D eigenvalue weighted by atomic mass is 32.2. The first-order valence-electron chi connectivity index (χ1n) is 13.2. The molecule has 1 amide bonds. The second-order valence-corrected chi connectivity index (χ2v) is 13.1. The number of rotatable bonds is 11. The predicted molar refractivity (Wildman–Crippen MR) is 156 cm³/mol. The summed E-state index contributed by atoms with van der Waals surface area (Å²) in [6.45, 7) is 12.7. The molecule has 0 unspecified atom stereocenters. The number of benzene rings is 1. The highest BCUT2D eigenvalue weighted by Crippen LogP contribution is 2.36. The van der Waals surface area contributed by atoms with Crippen LogP contribution in [-0.4, -0.2) is 42.1 Å². The smallest absolute Gasteiger partial charge is 0.274 e. The lowest BCUT2D eigenvalue weighted by atomic mass is 10.0. The first-order chi connectivity index (χ1) is 18.5. The van der Waals surface area contributed by atoms with Crippen molar-refractivity contribution in [1.29, 1.82) is 0 Å². The molecular weight excluding hydrogens is 532 g/mol. The Morgan fingerprint density at radius 3 is 2.46 bits per heavy atom. The van der Waals surface area contributed by atoms with E-state index in [0.717, 1.165) is 57.1 Å². The molecule has 39 heavy (non-hydrogen) atoms. The van der Waals surface area contributed by atoms with Gasteiger partial charge >= 0.3 is 0 Å². The number of aromatic nitrogens is 3. The number of pyridine rings is 1. The normalized spacial score (nSPS) is 12.0. The zero-order chi connectivity index (χ0) is 28.3. The summed E-state index contributed by atoms with van der Waals surface area (Å²) in [6.07, 6.45) is 1.54. The Morgan fingerprint density at radius 2 is 1.82 bits per heavy atom. The van der Waals surface area contributed by atoms with Gasteiger partial charge in [-0.05, 0) is 61.9 Å². The van der Waals surface area contributed by atoms with Gasteiger partial charge in [0.25, 0.3) is 15.9 Å². The Morgan fingerprint density at radius 1 is 1.10 bits per heavy atom. The fourth-order valence-electron chi connectivity index (χ4n) is 4.60. The SMILES string of the molecule is CCOCC(=O)NS(=O)(=O)c1sc(CC(C)C)cc1-c1ccc(Cn2c(CC)nc3c(C)cc(C)nc32)cc1. The van der Waals surface area contributed by atoms with Crippen molar-refractivity contribution in [2.24, 2.45) is 5.92 Å². The third kappa shape index (κ3) is 6.57. The van der Waals surface area contributed by atoms with Crippen LogP contribution in [0.1, 0.15) is 55.2 Å². The number of imidazole rings is 1. The molecule has 0 spiro atoms. The maximum Gasteiger partial charge on any atom is 0.274 e. The summed E-state index contributed by atoms with van der Waals surface area (Å²) in [7, 11) is -4.06. The van der Waals surface area contributed by atoms with Crippen molar-refractivity contribution >= 4 is 38.4 Å². The van der Waals surface area contributed by atoms with Crippen molar-refractivity contribution in [3.8, 4) is 11.1 Å². The van der Waals surface area contributed by atoms with Gasteiger partial charge in [0, 0.05) is 29.2 Å². The topological polar surface area (TPSA) is 103 Å². The number of thiophene rings is 1. The molecule has 0 aliphatic carbocycles. The Bertz CT molecular complexity index is 1590. The Balaban J connectivity index is 1.68. The molecule has 0 saturated carbocycles. The number of carbonyl (C=O) groups excluding carboxylic acids is 1. The maximum atomic E-state index is 13.2. The number of carbonyl (C=O) groups is 1. The van der Waals surface area contributed by atoms with E-state index in [1.807, 2.05) is 43.3 Å². The monoisotopic (exact) mass is 568 g/mol. The van der Waals surface area contributed by atoms with Crippen molar-refractivity contribution in [3.63, 3.8) is 0 Å². The fraction of sp³-hybridized carbons (Fsp3) is 0.414. The van der Waals surface area contributed by atoms with Crippen LogP contribution < -0.4 is 4.72 Å². The molecule has 0 saturated heterocycles. The number of nitrogens with zero attached hydrogens (tertiary/aromatic N) is 3. The second kappa shape index (κ2) is 12.0. The minimum absolute atomic E-state index is 0.139. The second-order valence-electron chi connectivity index (χ2n) is 10.1. The van der Waals surface area contributed by atoms with Gasteiger partial charge in [0.05, 0.1) is 6.54 Å². The standard InChI is InChI=1S/C29H36N4O4S2/c1-7-25-31-27-19(5)14-20(6)30-28(27)33(25)16-21-9-11-22(12-10-21)24-15-23(13-18(3)4)38-29(24)39(35,36)32-26(34)17-37-8-2/h9-12,14-15,18H,7-8,13,16-17H2,1-6H3,(H,32,34). The van der Waals surface area contributed by atoms with Gasteiger partial charge in [-0.3, -0.25) is 4.79 Å². The average Bonchev–Trinajstić information content (AvgIpc) is 3.45. The summed E-state index contributed by atoms with van der Waals surface area (Å²) in [6, 6.07) is 11.9. The molecule has 3 heterocycles. The van der Waals surface area contributed by atoms with Crippen molar-refractivity contribution < 1.29 is 17.9 Å². The van der Waals surface area contributed by atoms with E-state index in [2.05, 4.69) is 37.0 Å². The molecule has 4 rings (SSSR count). The van der Waals surface area contributed by atoms with Gasteiger partial charge in [-0.1, -0.05) is 45.0 Å². The Hall–Kier alpha value is -3.08. The number of hydrogen-bond donors (Lipinski definition) is 1. The van der Waals surface area contributed by atoms with Crippen LogP contribution in [0.3, 0.4) is 0 Å². The molecular formula is C29H36N4O4S2. The van der Waals surface area contributed by atoms with Gasteiger partial charge in [-0.25, -0.2) is 23.1 Å². The third-order valence-corrected chi connectivity index (χ3v) is 9.38. The van der Waals surface area contributed by atoms with Crippen LogP contribution in [-0.2, 0) is 38.9 Å². The van der Waals surface area contributed by atoms with E-state index in [4.69, 9.17) is 14.7 Å². The number of amides is 1. The fourth-order valence-corrected chi connectivity index (χ4v) is 7.53. The van der Waals surface area contributed by atoms with Crippen molar-refractivity contribution in [2.75, 3.05) is 13.2 Å². The first-order valence-corrected chi connectivity index (χ1v) is 15.5. The molecule has 4 aromatic rings. The van der Waals surface area contributed by atoms with Gasteiger partial charge < -0.3 is 9.30 Å². The highest BCUT2D eigenvalue weighted by Gasteiger charge is 2.26. The van der Waals surface area contributed by atoms with Crippen LogP contribution in [0.25, 0.3) is 22.3 Å². The van der Waals surface area contributed by atoms with E-state index < -0.39 is 15.9 Å². The Labute approximate surface area is 234 Å². The zero-order valence-corrected chi connectivity index (χ0v) is 25.0. The number of sulfonamides is 1. The molecule has 10 heteroatoms. The van der Waals surface area contributed by atoms with E-state index in [9.17, 15) is 13.2 Å². The van der Waals surface area contributed by atoms with Crippen LogP contribution in [0.4, 0.5) is 0 Å². The summed E-state index contributed by atoms with van der Waals surface area (Å²) >= 11 is 1.21. The number of ether oxygens (including phenoxy) is 1. The van der Waals surface area contributed by atoms with Crippen LogP contribution in [0.2, 0.25) is 0 Å².